The molecule has 9 heteroatoms. The van der Waals surface area contributed by atoms with Crippen molar-refractivity contribution in [3.63, 3.8) is 0 Å². The first-order valence-electron chi connectivity index (χ1n) is 8.03. The number of fused-ring (bicyclic) bond motifs is 1. The molecule has 0 fully saturated rings. The molecule has 27 heavy (non-hydrogen) atoms. The lowest BCUT2D eigenvalue weighted by Gasteiger charge is -2.08. The van der Waals surface area contributed by atoms with Crippen molar-refractivity contribution in [3.8, 4) is 0 Å². The first-order chi connectivity index (χ1) is 12.9. The summed E-state index contributed by atoms with van der Waals surface area (Å²) in [6.07, 6.45) is 0.834. The minimum atomic E-state index is -0.310. The molecule has 0 bridgehead atoms. The molecule has 0 aliphatic rings. The molecule has 0 aliphatic heterocycles. The smallest absolute Gasteiger partial charge is 0.255 e. The zero-order valence-corrected chi connectivity index (χ0v) is 17.5. The molecule has 3 aromatic rings. The zero-order valence-electron chi connectivity index (χ0n) is 14.4. The Morgan fingerprint density at radius 1 is 1.22 bits per heavy atom. The summed E-state index contributed by atoms with van der Waals surface area (Å²) in [6.45, 7) is 3.94. The number of halogens is 3. The van der Waals surface area contributed by atoms with Crippen molar-refractivity contribution in [1.29, 1.82) is 0 Å². The molecule has 0 aliphatic carbocycles. The van der Waals surface area contributed by atoms with Crippen molar-refractivity contribution in [3.05, 3.63) is 51.0 Å². The Hall–Kier alpha value is -1.86. The van der Waals surface area contributed by atoms with Gasteiger partial charge < -0.3 is 5.32 Å². The van der Waals surface area contributed by atoms with E-state index in [4.69, 9.17) is 34.8 Å². The summed E-state index contributed by atoms with van der Waals surface area (Å²) in [5, 5.41) is 8.90. The number of hydrogen-bond acceptors (Lipinski definition) is 5. The van der Waals surface area contributed by atoms with Gasteiger partial charge in [-0.05, 0) is 43.7 Å². The average molecular weight is 442 g/mol. The molecule has 1 heterocycles. The van der Waals surface area contributed by atoms with Crippen molar-refractivity contribution in [2.24, 2.45) is 5.10 Å². The minimum absolute atomic E-state index is 0.310. The molecule has 0 atom stereocenters. The monoisotopic (exact) mass is 440 g/mol. The SMILES string of the molecule is CC/C(C)=N/Nc1nc2c(Cl)cc(NC(=O)c3ccc(Cl)cc3)c(Cl)c2s1. The Labute approximate surface area is 175 Å². The van der Waals surface area contributed by atoms with E-state index in [0.29, 0.717) is 41.7 Å². The minimum Gasteiger partial charge on any atom is -0.321 e. The molecule has 0 saturated carbocycles. The summed E-state index contributed by atoms with van der Waals surface area (Å²) in [5.74, 6) is -0.310. The van der Waals surface area contributed by atoms with Crippen molar-refractivity contribution >= 4 is 78.8 Å². The van der Waals surface area contributed by atoms with Crippen molar-refractivity contribution < 1.29 is 4.79 Å². The highest BCUT2D eigenvalue weighted by Crippen LogP contribution is 2.41. The predicted molar refractivity (Wildman–Crippen MR) is 116 cm³/mol. The Morgan fingerprint density at radius 2 is 1.93 bits per heavy atom. The van der Waals surface area contributed by atoms with E-state index in [2.05, 4.69) is 20.8 Å². The summed E-state index contributed by atoms with van der Waals surface area (Å²) in [7, 11) is 0. The third kappa shape index (κ3) is 4.52. The first-order valence-corrected chi connectivity index (χ1v) is 9.98. The van der Waals surface area contributed by atoms with Gasteiger partial charge in [0.2, 0.25) is 5.13 Å². The van der Waals surface area contributed by atoms with Gasteiger partial charge in [0.1, 0.15) is 5.52 Å². The lowest BCUT2D eigenvalue weighted by molar-refractivity contribution is 0.102. The summed E-state index contributed by atoms with van der Waals surface area (Å²) in [6, 6.07) is 8.15. The van der Waals surface area contributed by atoms with Crippen LogP contribution in [0.4, 0.5) is 10.8 Å². The van der Waals surface area contributed by atoms with Gasteiger partial charge in [-0.25, -0.2) is 4.98 Å². The molecular weight excluding hydrogens is 427 g/mol. The van der Waals surface area contributed by atoms with Crippen LogP contribution in [0.1, 0.15) is 30.6 Å². The topological polar surface area (TPSA) is 66.4 Å². The molecule has 140 valence electrons. The molecule has 0 spiro atoms. The third-order valence-corrected chi connectivity index (χ3v) is 5.79. The normalized spacial score (nSPS) is 11.7. The molecule has 2 aromatic carbocycles. The van der Waals surface area contributed by atoms with E-state index in [0.717, 1.165) is 12.1 Å². The highest BCUT2D eigenvalue weighted by Gasteiger charge is 2.17. The Balaban J connectivity index is 1.91. The van der Waals surface area contributed by atoms with Gasteiger partial charge in [-0.15, -0.1) is 0 Å². The molecule has 5 nitrogen and oxygen atoms in total. The van der Waals surface area contributed by atoms with E-state index < -0.39 is 0 Å². The fourth-order valence-electron chi connectivity index (χ4n) is 2.17. The number of anilines is 2. The lowest BCUT2D eigenvalue weighted by Crippen LogP contribution is -2.12. The van der Waals surface area contributed by atoms with Gasteiger partial charge in [-0.3, -0.25) is 10.2 Å². The van der Waals surface area contributed by atoms with Crippen LogP contribution in [0.2, 0.25) is 15.1 Å². The fraction of sp³-hybridized carbons (Fsp3) is 0.167. The van der Waals surface area contributed by atoms with Gasteiger partial charge in [0.25, 0.3) is 5.91 Å². The first kappa shape index (κ1) is 19.9. The molecule has 1 amide bonds. The van der Waals surface area contributed by atoms with Crippen LogP contribution < -0.4 is 10.7 Å². The number of amides is 1. The number of carbonyl (C=O) groups is 1. The number of benzene rings is 2. The number of hydrazone groups is 1. The second kappa shape index (κ2) is 8.44. The van der Waals surface area contributed by atoms with E-state index in [-0.39, 0.29) is 5.91 Å². The molecule has 2 N–H and O–H groups in total. The molecule has 1 aromatic heterocycles. The Bertz CT molecular complexity index is 1030. The van der Waals surface area contributed by atoms with Gasteiger partial charge in [0.05, 0.1) is 20.4 Å². The second-order valence-electron chi connectivity index (χ2n) is 5.69. The maximum Gasteiger partial charge on any atom is 0.255 e. The van der Waals surface area contributed by atoms with Crippen LogP contribution in [0.25, 0.3) is 10.2 Å². The molecule has 3 rings (SSSR count). The Morgan fingerprint density at radius 3 is 2.59 bits per heavy atom. The number of nitrogens with one attached hydrogen (secondary N) is 2. The average Bonchev–Trinajstić information content (AvgIpc) is 3.09. The van der Waals surface area contributed by atoms with Crippen LogP contribution in [0.3, 0.4) is 0 Å². The predicted octanol–water partition coefficient (Wildman–Crippen LogP) is 6.71. The van der Waals surface area contributed by atoms with Crippen molar-refractivity contribution in [2.45, 2.75) is 20.3 Å². The van der Waals surface area contributed by atoms with Crippen LogP contribution in [0.15, 0.2) is 35.4 Å². The van der Waals surface area contributed by atoms with Crippen LogP contribution in [0, 0.1) is 0 Å². The number of thiazole rings is 1. The quantitative estimate of drug-likeness (QED) is 0.342. The zero-order chi connectivity index (χ0) is 19.6. The van der Waals surface area contributed by atoms with Gasteiger partial charge in [0, 0.05) is 16.3 Å². The van der Waals surface area contributed by atoms with E-state index in [1.807, 2.05) is 13.8 Å². The standard InChI is InChI=1S/C18H15Cl3N4OS/c1-3-9(2)24-25-18-23-15-12(20)8-13(14(21)16(15)27-18)22-17(26)10-4-6-11(19)7-5-10/h4-8H,3H2,1-2H3,(H,22,26)(H,23,25)/b24-9+. The van der Waals surface area contributed by atoms with Crippen LogP contribution in [-0.4, -0.2) is 16.6 Å². The molecule has 0 radical (unpaired) electrons. The number of carbonyl (C=O) groups excluding carboxylic acids is 1. The van der Waals surface area contributed by atoms with E-state index in [1.165, 1.54) is 11.3 Å². The Kier molecular flexibility index (Phi) is 6.22. The highest BCUT2D eigenvalue weighted by molar-refractivity contribution is 7.23. The maximum atomic E-state index is 12.4. The summed E-state index contributed by atoms with van der Waals surface area (Å²) >= 11 is 20.0. The van der Waals surface area contributed by atoms with Gasteiger partial charge in [-0.1, -0.05) is 53.1 Å². The number of rotatable bonds is 5. The number of nitrogens with zero attached hydrogens (tertiary/aromatic N) is 2. The van der Waals surface area contributed by atoms with Crippen LogP contribution >= 0.6 is 46.1 Å². The van der Waals surface area contributed by atoms with E-state index >= 15 is 0 Å². The summed E-state index contributed by atoms with van der Waals surface area (Å²) in [5.41, 5.74) is 5.29. The van der Waals surface area contributed by atoms with Crippen molar-refractivity contribution in [2.75, 3.05) is 10.7 Å². The second-order valence-corrected chi connectivity index (χ2v) is 7.91. The molecule has 0 saturated heterocycles. The van der Waals surface area contributed by atoms with Gasteiger partial charge in [0.15, 0.2) is 0 Å². The summed E-state index contributed by atoms with van der Waals surface area (Å²) in [4.78, 5) is 16.9. The van der Waals surface area contributed by atoms with E-state index in [9.17, 15) is 4.79 Å². The number of aromatic nitrogens is 1. The highest BCUT2D eigenvalue weighted by atomic mass is 35.5. The molecule has 0 unspecified atom stereocenters. The van der Waals surface area contributed by atoms with Crippen LogP contribution in [-0.2, 0) is 0 Å². The fourth-order valence-corrected chi connectivity index (χ4v) is 3.78. The maximum absolute atomic E-state index is 12.4. The molecular formula is C18H15Cl3N4OS. The third-order valence-electron chi connectivity index (χ3n) is 3.77. The lowest BCUT2D eigenvalue weighted by atomic mass is 10.2. The van der Waals surface area contributed by atoms with Crippen molar-refractivity contribution in [1.82, 2.24) is 4.98 Å². The largest absolute Gasteiger partial charge is 0.321 e. The van der Waals surface area contributed by atoms with E-state index in [1.54, 1.807) is 30.3 Å². The van der Waals surface area contributed by atoms with Gasteiger partial charge in [-0.2, -0.15) is 5.10 Å². The van der Waals surface area contributed by atoms with Gasteiger partial charge >= 0.3 is 0 Å². The summed E-state index contributed by atoms with van der Waals surface area (Å²) < 4.78 is 0.669. The van der Waals surface area contributed by atoms with Crippen LogP contribution in [0.5, 0.6) is 0 Å². The number of hydrogen-bond donors (Lipinski definition) is 2.